The van der Waals surface area contributed by atoms with E-state index < -0.39 is 16.7 Å². The lowest BCUT2D eigenvalue weighted by atomic mass is 10.0. The van der Waals surface area contributed by atoms with Crippen molar-refractivity contribution in [3.63, 3.8) is 0 Å². The van der Waals surface area contributed by atoms with Gasteiger partial charge in [-0.2, -0.15) is 0 Å². The minimum absolute atomic E-state index is 0.253. The molecule has 0 saturated carbocycles. The number of pyridine rings is 1. The normalized spacial score (nSPS) is 17.4. The van der Waals surface area contributed by atoms with Gasteiger partial charge in [0.25, 0.3) is 4.73 Å². The Hall–Kier alpha value is -1.56. The Morgan fingerprint density at radius 1 is 1.25 bits per heavy atom. The number of anilines is 1. The summed E-state index contributed by atoms with van der Waals surface area (Å²) in [5.41, 5.74) is -1.14. The van der Waals surface area contributed by atoms with E-state index in [0.717, 1.165) is 36.3 Å². The smallest absolute Gasteiger partial charge is 0.382 e. The molecule has 1 saturated heterocycles. The first-order valence-electron chi connectivity index (χ1n) is 8.88. The third kappa shape index (κ3) is 4.70. The molecule has 1 atom stereocenters. The number of hydrogen-bond donors (Lipinski definition) is 1. The van der Waals surface area contributed by atoms with Gasteiger partial charge in [-0.25, -0.2) is 4.98 Å². The minimum atomic E-state index is -1.14. The number of aliphatic hydroxyl groups is 1. The lowest BCUT2D eigenvalue weighted by Crippen LogP contribution is -2.47. The first-order chi connectivity index (χ1) is 13.2. The van der Waals surface area contributed by atoms with Crippen LogP contribution in [0.5, 0.6) is 0 Å². The molecular weight excluding hydrogens is 496 g/mol. The van der Waals surface area contributed by atoms with Crippen LogP contribution in [0, 0.1) is 10.1 Å². The average molecular weight is 518 g/mol. The first-order valence-corrected chi connectivity index (χ1v) is 10.5. The lowest BCUT2D eigenvalue weighted by molar-refractivity contribution is -0.389. The summed E-state index contributed by atoms with van der Waals surface area (Å²) in [5, 5.41) is 22.0. The molecule has 1 fully saturated rings. The van der Waals surface area contributed by atoms with Crippen molar-refractivity contribution >= 4 is 43.5 Å². The van der Waals surface area contributed by atoms with Crippen molar-refractivity contribution in [3.05, 3.63) is 43.8 Å². The maximum absolute atomic E-state index is 11.1. The van der Waals surface area contributed by atoms with E-state index in [2.05, 4.69) is 51.6 Å². The fraction of sp³-hybridized carbons (Fsp3) is 0.529. The summed E-state index contributed by atoms with van der Waals surface area (Å²) in [4.78, 5) is 23.3. The zero-order valence-corrected chi connectivity index (χ0v) is 18.8. The molecule has 11 heteroatoms. The van der Waals surface area contributed by atoms with Crippen molar-refractivity contribution < 1.29 is 10.0 Å². The second-order valence-corrected chi connectivity index (χ2v) is 8.90. The Morgan fingerprint density at radius 3 is 2.57 bits per heavy atom. The second-order valence-electron chi connectivity index (χ2n) is 7.27. The van der Waals surface area contributed by atoms with Crippen LogP contribution in [0.2, 0.25) is 0 Å². The Balaban J connectivity index is 1.84. The number of hydrogen-bond acceptors (Lipinski definition) is 7. The van der Waals surface area contributed by atoms with E-state index in [4.69, 9.17) is 0 Å². The number of nitrogens with zero attached hydrogens (tertiary/aromatic N) is 6. The van der Waals surface area contributed by atoms with Gasteiger partial charge in [-0.05, 0) is 58.2 Å². The summed E-state index contributed by atoms with van der Waals surface area (Å²) < 4.78 is 2.88. The van der Waals surface area contributed by atoms with E-state index in [1.54, 1.807) is 24.6 Å². The summed E-state index contributed by atoms with van der Waals surface area (Å²) in [7, 11) is 0. The number of rotatable bonds is 5. The van der Waals surface area contributed by atoms with Crippen molar-refractivity contribution in [1.82, 2.24) is 19.4 Å². The Labute approximate surface area is 179 Å². The fourth-order valence-corrected chi connectivity index (χ4v) is 4.26. The van der Waals surface area contributed by atoms with Gasteiger partial charge < -0.3 is 20.1 Å². The van der Waals surface area contributed by atoms with Crippen LogP contribution in [0.25, 0.3) is 0 Å². The molecule has 3 rings (SSSR count). The SMILES string of the molecule is CC(C)(O)C(N1CCCN(c2ccc(Br)cn2)CC1)n1cc([N+](=O)[O-])nc1Br. The molecule has 1 unspecified atom stereocenters. The van der Waals surface area contributed by atoms with E-state index in [-0.39, 0.29) is 5.82 Å². The van der Waals surface area contributed by atoms with Crippen LogP contribution < -0.4 is 4.90 Å². The van der Waals surface area contributed by atoms with Crippen LogP contribution in [0.3, 0.4) is 0 Å². The van der Waals surface area contributed by atoms with E-state index in [9.17, 15) is 15.2 Å². The molecule has 2 aromatic rings. The molecule has 1 aliphatic heterocycles. The zero-order chi connectivity index (χ0) is 20.5. The highest BCUT2D eigenvalue weighted by molar-refractivity contribution is 9.10. The largest absolute Gasteiger partial charge is 0.387 e. The summed E-state index contributed by atoms with van der Waals surface area (Å²) in [6.45, 7) is 6.39. The summed E-state index contributed by atoms with van der Waals surface area (Å²) in [6, 6.07) is 3.94. The van der Waals surface area contributed by atoms with Crippen LogP contribution in [-0.4, -0.2) is 61.2 Å². The maximum atomic E-state index is 11.1. The molecule has 0 spiro atoms. The van der Waals surface area contributed by atoms with Crippen LogP contribution >= 0.6 is 31.9 Å². The molecule has 152 valence electrons. The summed E-state index contributed by atoms with van der Waals surface area (Å²) in [5.74, 6) is 0.654. The molecule has 0 bridgehead atoms. The van der Waals surface area contributed by atoms with Crippen molar-refractivity contribution in [2.45, 2.75) is 32.0 Å². The van der Waals surface area contributed by atoms with E-state index in [0.29, 0.717) is 11.3 Å². The number of imidazole rings is 1. The van der Waals surface area contributed by atoms with Gasteiger partial charge in [0.05, 0.1) is 5.60 Å². The molecule has 0 aliphatic carbocycles. The van der Waals surface area contributed by atoms with Gasteiger partial charge in [-0.3, -0.25) is 9.47 Å². The number of halogens is 2. The highest BCUT2D eigenvalue weighted by Crippen LogP contribution is 2.32. The topological polar surface area (TPSA) is 101 Å². The average Bonchev–Trinajstić information content (AvgIpc) is 2.84. The predicted molar refractivity (Wildman–Crippen MR) is 112 cm³/mol. The van der Waals surface area contributed by atoms with Crippen molar-refractivity contribution in [2.75, 3.05) is 31.1 Å². The van der Waals surface area contributed by atoms with Gasteiger partial charge in [0.15, 0.2) is 0 Å². The molecule has 3 heterocycles. The highest BCUT2D eigenvalue weighted by Gasteiger charge is 2.38. The molecule has 0 amide bonds. The highest BCUT2D eigenvalue weighted by atomic mass is 79.9. The van der Waals surface area contributed by atoms with Gasteiger partial charge in [-0.1, -0.05) is 0 Å². The van der Waals surface area contributed by atoms with Crippen molar-refractivity contribution in [2.24, 2.45) is 0 Å². The Kier molecular flexibility index (Phi) is 6.37. The molecule has 0 aromatic carbocycles. The van der Waals surface area contributed by atoms with Crippen molar-refractivity contribution in [3.8, 4) is 0 Å². The van der Waals surface area contributed by atoms with E-state index >= 15 is 0 Å². The maximum Gasteiger partial charge on any atom is 0.382 e. The Morgan fingerprint density at radius 2 is 2.00 bits per heavy atom. The van der Waals surface area contributed by atoms with Crippen LogP contribution in [0.15, 0.2) is 33.7 Å². The summed E-state index contributed by atoms with van der Waals surface area (Å²) >= 11 is 6.71. The summed E-state index contributed by atoms with van der Waals surface area (Å²) in [6.07, 6.45) is 3.52. The second kappa shape index (κ2) is 8.44. The minimum Gasteiger partial charge on any atom is -0.387 e. The molecule has 0 radical (unpaired) electrons. The predicted octanol–water partition coefficient (Wildman–Crippen LogP) is 3.19. The molecule has 9 nitrogen and oxygen atoms in total. The molecular formula is C17H22Br2N6O3. The third-order valence-corrected chi connectivity index (χ3v) is 5.72. The monoisotopic (exact) mass is 516 g/mol. The van der Waals surface area contributed by atoms with Crippen LogP contribution in [0.1, 0.15) is 26.4 Å². The lowest BCUT2D eigenvalue weighted by Gasteiger charge is -2.39. The fourth-order valence-electron chi connectivity index (χ4n) is 3.55. The van der Waals surface area contributed by atoms with E-state index in [1.165, 1.54) is 6.20 Å². The standard InChI is InChI=1S/C17H22Br2N6O3/c1-17(2,26)15(24-11-14(25(27)28)21-16(24)19)23-7-3-6-22(8-9-23)13-5-4-12(18)10-20-13/h4-5,10-11,15,26H,3,6-9H2,1-2H3. The Bertz CT molecular complexity index is 836. The zero-order valence-electron chi connectivity index (χ0n) is 15.6. The van der Waals surface area contributed by atoms with E-state index in [1.807, 2.05) is 12.1 Å². The third-order valence-electron chi connectivity index (χ3n) is 4.67. The van der Waals surface area contributed by atoms with Crippen molar-refractivity contribution in [1.29, 1.82) is 0 Å². The van der Waals surface area contributed by atoms with Gasteiger partial charge in [0, 0.05) is 52.8 Å². The van der Waals surface area contributed by atoms with Gasteiger partial charge in [0.2, 0.25) is 0 Å². The first kappa shape index (κ1) is 21.2. The van der Waals surface area contributed by atoms with Gasteiger partial charge in [-0.15, -0.1) is 0 Å². The van der Waals surface area contributed by atoms with Crippen LogP contribution in [-0.2, 0) is 0 Å². The molecule has 2 aromatic heterocycles. The number of nitro groups is 1. The number of aromatic nitrogens is 3. The van der Waals surface area contributed by atoms with Gasteiger partial charge >= 0.3 is 5.82 Å². The van der Waals surface area contributed by atoms with Gasteiger partial charge in [0.1, 0.15) is 18.2 Å². The quantitative estimate of drug-likeness (QED) is 0.480. The van der Waals surface area contributed by atoms with Crippen LogP contribution in [0.4, 0.5) is 11.6 Å². The molecule has 28 heavy (non-hydrogen) atoms. The molecule has 1 aliphatic rings. The molecule has 1 N–H and O–H groups in total.